The summed E-state index contributed by atoms with van der Waals surface area (Å²) < 4.78 is 3.34. The summed E-state index contributed by atoms with van der Waals surface area (Å²) >= 11 is 0. The fourth-order valence-corrected chi connectivity index (χ4v) is 1.84. The molecule has 2 heterocycles. The third-order valence-electron chi connectivity index (χ3n) is 2.61. The Morgan fingerprint density at radius 3 is 3.00 bits per heavy atom. The van der Waals surface area contributed by atoms with Gasteiger partial charge in [0.15, 0.2) is 0 Å². The second kappa shape index (κ2) is 3.96. The summed E-state index contributed by atoms with van der Waals surface area (Å²) in [6.07, 6.45) is 3.99. The number of rotatable bonds is 3. The molecule has 0 spiro atoms. The maximum Gasteiger partial charge on any atom is 0.345 e. The molecule has 14 heavy (non-hydrogen) atoms. The van der Waals surface area contributed by atoms with Crippen molar-refractivity contribution < 1.29 is 0 Å². The van der Waals surface area contributed by atoms with Crippen LogP contribution in [0.1, 0.15) is 25.1 Å². The molecule has 5 nitrogen and oxygen atoms in total. The first-order chi connectivity index (χ1) is 6.83. The van der Waals surface area contributed by atoms with E-state index < -0.39 is 0 Å². The molecule has 0 radical (unpaired) electrons. The van der Waals surface area contributed by atoms with Crippen LogP contribution in [0.5, 0.6) is 0 Å². The zero-order chi connectivity index (χ0) is 9.97. The molecule has 1 aromatic rings. The second-order valence-corrected chi connectivity index (χ2v) is 3.67. The van der Waals surface area contributed by atoms with Gasteiger partial charge in [0.1, 0.15) is 5.82 Å². The fourth-order valence-electron chi connectivity index (χ4n) is 1.84. The highest BCUT2D eigenvalue weighted by molar-refractivity contribution is 4.91. The molecule has 5 heteroatoms. The summed E-state index contributed by atoms with van der Waals surface area (Å²) in [4.78, 5) is 11.7. The first-order valence-corrected chi connectivity index (χ1v) is 5.19. The second-order valence-electron chi connectivity index (χ2n) is 3.67. The van der Waals surface area contributed by atoms with Gasteiger partial charge in [0.2, 0.25) is 0 Å². The number of aryl methyl sites for hydroxylation is 2. The molecule has 0 unspecified atom stereocenters. The normalized spacial score (nSPS) is 15.5. The van der Waals surface area contributed by atoms with Gasteiger partial charge in [-0.25, -0.2) is 9.48 Å². The highest BCUT2D eigenvalue weighted by Gasteiger charge is 2.15. The Balaban J connectivity index is 2.25. The van der Waals surface area contributed by atoms with Gasteiger partial charge in [-0.2, -0.15) is 5.10 Å². The van der Waals surface area contributed by atoms with Gasteiger partial charge < -0.3 is 5.73 Å². The summed E-state index contributed by atoms with van der Waals surface area (Å²) in [5, 5.41) is 4.30. The van der Waals surface area contributed by atoms with Crippen LogP contribution in [-0.2, 0) is 19.5 Å². The van der Waals surface area contributed by atoms with E-state index in [0.717, 1.165) is 38.1 Å². The van der Waals surface area contributed by atoms with Crippen LogP contribution in [0.25, 0.3) is 0 Å². The molecule has 0 fully saturated rings. The van der Waals surface area contributed by atoms with Gasteiger partial charge in [0.25, 0.3) is 0 Å². The van der Waals surface area contributed by atoms with Crippen molar-refractivity contribution in [2.75, 3.05) is 6.54 Å². The average Bonchev–Trinajstić information content (AvgIpc) is 2.54. The third kappa shape index (κ3) is 1.59. The quantitative estimate of drug-likeness (QED) is 0.723. The molecule has 1 aromatic heterocycles. The summed E-state index contributed by atoms with van der Waals surface area (Å²) in [6.45, 7) is 2.08. The van der Waals surface area contributed by atoms with Gasteiger partial charge in [-0.1, -0.05) is 0 Å². The number of nitrogens with zero attached hydrogens (tertiary/aromatic N) is 3. The minimum absolute atomic E-state index is 0.0353. The Bertz CT molecular complexity index is 365. The highest BCUT2D eigenvalue weighted by atomic mass is 16.2. The number of nitrogens with two attached hydrogens (primary N) is 1. The van der Waals surface area contributed by atoms with Crippen LogP contribution in [-0.4, -0.2) is 20.9 Å². The van der Waals surface area contributed by atoms with Crippen LogP contribution >= 0.6 is 0 Å². The Morgan fingerprint density at radius 2 is 2.29 bits per heavy atom. The van der Waals surface area contributed by atoms with Gasteiger partial charge in [0, 0.05) is 19.5 Å². The first kappa shape index (κ1) is 9.45. The summed E-state index contributed by atoms with van der Waals surface area (Å²) in [7, 11) is 0. The maximum atomic E-state index is 11.7. The van der Waals surface area contributed by atoms with E-state index in [4.69, 9.17) is 5.73 Å². The van der Waals surface area contributed by atoms with Gasteiger partial charge in [-0.05, 0) is 25.8 Å². The molecule has 78 valence electrons. The van der Waals surface area contributed by atoms with Crippen LogP contribution in [0.4, 0.5) is 0 Å². The maximum absolute atomic E-state index is 11.7. The summed E-state index contributed by atoms with van der Waals surface area (Å²) in [5.41, 5.74) is 5.43. The van der Waals surface area contributed by atoms with E-state index >= 15 is 0 Å². The van der Waals surface area contributed by atoms with Gasteiger partial charge in [0.05, 0.1) is 0 Å². The van der Waals surface area contributed by atoms with Crippen molar-refractivity contribution in [1.29, 1.82) is 0 Å². The molecular weight excluding hydrogens is 180 g/mol. The van der Waals surface area contributed by atoms with Gasteiger partial charge in [-0.3, -0.25) is 4.57 Å². The minimum Gasteiger partial charge on any atom is -0.330 e. The summed E-state index contributed by atoms with van der Waals surface area (Å²) in [5.74, 6) is 0.943. The van der Waals surface area contributed by atoms with E-state index in [-0.39, 0.29) is 5.69 Å². The van der Waals surface area contributed by atoms with E-state index in [9.17, 15) is 4.79 Å². The molecule has 0 aromatic carbocycles. The molecule has 1 aliphatic rings. The van der Waals surface area contributed by atoms with E-state index in [1.807, 2.05) is 0 Å². The van der Waals surface area contributed by atoms with Gasteiger partial charge in [-0.15, -0.1) is 0 Å². The lowest BCUT2D eigenvalue weighted by Crippen LogP contribution is -2.27. The van der Waals surface area contributed by atoms with Crippen LogP contribution in [0.2, 0.25) is 0 Å². The topological polar surface area (TPSA) is 65.8 Å². The SMILES string of the molecule is NCCCn1nc2n(c1=O)CCCC2. The van der Waals surface area contributed by atoms with Crippen molar-refractivity contribution in [2.45, 2.75) is 38.8 Å². The number of hydrogen-bond donors (Lipinski definition) is 1. The van der Waals surface area contributed by atoms with E-state index in [1.165, 1.54) is 0 Å². The van der Waals surface area contributed by atoms with Crippen molar-refractivity contribution in [2.24, 2.45) is 5.73 Å². The van der Waals surface area contributed by atoms with E-state index in [2.05, 4.69) is 5.10 Å². The summed E-state index contributed by atoms with van der Waals surface area (Å²) in [6, 6.07) is 0. The molecule has 0 amide bonds. The Labute approximate surface area is 82.5 Å². The van der Waals surface area contributed by atoms with Gasteiger partial charge >= 0.3 is 5.69 Å². The predicted molar refractivity (Wildman–Crippen MR) is 53.1 cm³/mol. The smallest absolute Gasteiger partial charge is 0.330 e. The standard InChI is InChI=1S/C9H16N4O/c10-5-3-7-13-9(14)12-6-2-1-4-8(12)11-13/h1-7,10H2. The molecule has 0 bridgehead atoms. The number of aromatic nitrogens is 3. The van der Waals surface area contributed by atoms with Crippen LogP contribution in [0.15, 0.2) is 4.79 Å². The molecule has 0 saturated carbocycles. The molecular formula is C9H16N4O. The predicted octanol–water partition coefficient (Wildman–Crippen LogP) is -0.270. The Morgan fingerprint density at radius 1 is 1.43 bits per heavy atom. The third-order valence-corrected chi connectivity index (χ3v) is 2.61. The zero-order valence-corrected chi connectivity index (χ0v) is 8.28. The first-order valence-electron chi connectivity index (χ1n) is 5.19. The minimum atomic E-state index is 0.0353. The highest BCUT2D eigenvalue weighted by Crippen LogP contribution is 2.09. The van der Waals surface area contributed by atoms with Crippen LogP contribution < -0.4 is 11.4 Å². The fraction of sp³-hybridized carbons (Fsp3) is 0.778. The van der Waals surface area contributed by atoms with Crippen LogP contribution in [0, 0.1) is 0 Å². The van der Waals surface area contributed by atoms with Crippen molar-refractivity contribution in [3.8, 4) is 0 Å². The monoisotopic (exact) mass is 196 g/mol. The Kier molecular flexibility index (Phi) is 2.67. The molecule has 2 rings (SSSR count). The lowest BCUT2D eigenvalue weighted by Gasteiger charge is -2.09. The molecule has 0 aliphatic carbocycles. The number of fused-ring (bicyclic) bond motifs is 1. The van der Waals surface area contributed by atoms with Crippen molar-refractivity contribution in [3.05, 3.63) is 16.3 Å². The van der Waals surface area contributed by atoms with Crippen LogP contribution in [0.3, 0.4) is 0 Å². The molecule has 0 saturated heterocycles. The number of hydrogen-bond acceptors (Lipinski definition) is 3. The Hall–Kier alpha value is -1.10. The van der Waals surface area contributed by atoms with Crippen molar-refractivity contribution in [3.63, 3.8) is 0 Å². The van der Waals surface area contributed by atoms with E-state index in [0.29, 0.717) is 13.1 Å². The molecule has 0 atom stereocenters. The van der Waals surface area contributed by atoms with E-state index in [1.54, 1.807) is 9.25 Å². The molecule has 1 aliphatic heterocycles. The lowest BCUT2D eigenvalue weighted by atomic mass is 10.2. The lowest BCUT2D eigenvalue weighted by molar-refractivity contribution is 0.509. The largest absolute Gasteiger partial charge is 0.345 e. The average molecular weight is 196 g/mol. The van der Waals surface area contributed by atoms with Crippen molar-refractivity contribution >= 4 is 0 Å². The zero-order valence-electron chi connectivity index (χ0n) is 8.28. The van der Waals surface area contributed by atoms with Crippen molar-refractivity contribution in [1.82, 2.24) is 14.3 Å². The molecule has 2 N–H and O–H groups in total.